The zero-order valence-corrected chi connectivity index (χ0v) is 15.5. The van der Waals surface area contributed by atoms with Crippen LogP contribution in [0.4, 0.5) is 10.6 Å². The molecule has 25 heavy (non-hydrogen) atoms. The fourth-order valence-electron chi connectivity index (χ4n) is 3.22. The van der Waals surface area contributed by atoms with Gasteiger partial charge in [-0.1, -0.05) is 13.8 Å². The van der Waals surface area contributed by atoms with Crippen LogP contribution in [0.1, 0.15) is 37.7 Å². The summed E-state index contributed by atoms with van der Waals surface area (Å²) in [7, 11) is 0. The molecule has 2 aliphatic heterocycles. The number of piperazine rings is 1. The van der Waals surface area contributed by atoms with Crippen LogP contribution in [-0.4, -0.2) is 66.8 Å². The second-order valence-electron chi connectivity index (χ2n) is 7.27. The van der Waals surface area contributed by atoms with Gasteiger partial charge in [-0.25, -0.2) is 14.8 Å². The van der Waals surface area contributed by atoms with Crippen molar-refractivity contribution in [3.05, 3.63) is 17.6 Å². The van der Waals surface area contributed by atoms with Crippen molar-refractivity contribution in [2.24, 2.45) is 5.92 Å². The molecule has 7 heteroatoms. The number of amides is 2. The van der Waals surface area contributed by atoms with E-state index >= 15 is 0 Å². The molecule has 2 saturated heterocycles. The number of ether oxygens (including phenoxy) is 1. The number of aryl methyl sites for hydroxylation is 1. The molecule has 0 aromatic carbocycles. The van der Waals surface area contributed by atoms with Crippen LogP contribution < -0.4 is 10.2 Å². The number of anilines is 1. The van der Waals surface area contributed by atoms with Crippen molar-refractivity contribution in [1.29, 1.82) is 0 Å². The third-order valence-electron chi connectivity index (χ3n) is 4.83. The third-order valence-corrected chi connectivity index (χ3v) is 4.83. The highest BCUT2D eigenvalue weighted by Crippen LogP contribution is 2.19. The summed E-state index contributed by atoms with van der Waals surface area (Å²) in [5, 5.41) is 3.04. The van der Waals surface area contributed by atoms with Crippen molar-refractivity contribution in [3.63, 3.8) is 0 Å². The minimum absolute atomic E-state index is 0.0355. The van der Waals surface area contributed by atoms with E-state index in [1.54, 1.807) is 0 Å². The number of hydrogen-bond acceptors (Lipinski definition) is 5. The number of carbonyl (C=O) groups is 1. The van der Waals surface area contributed by atoms with Gasteiger partial charge in [-0.2, -0.15) is 0 Å². The van der Waals surface area contributed by atoms with Crippen LogP contribution in [-0.2, 0) is 4.74 Å². The van der Waals surface area contributed by atoms with E-state index in [0.717, 1.165) is 50.1 Å². The van der Waals surface area contributed by atoms with Gasteiger partial charge in [-0.05, 0) is 13.3 Å². The highest BCUT2D eigenvalue weighted by atomic mass is 16.5. The van der Waals surface area contributed by atoms with Crippen molar-refractivity contribution in [2.75, 3.05) is 50.8 Å². The highest BCUT2D eigenvalue weighted by molar-refractivity contribution is 5.74. The van der Waals surface area contributed by atoms with Crippen molar-refractivity contribution >= 4 is 11.8 Å². The fourth-order valence-corrected chi connectivity index (χ4v) is 3.22. The summed E-state index contributed by atoms with van der Waals surface area (Å²) in [5.74, 6) is 2.63. The number of urea groups is 1. The Bertz CT molecular complexity index is 593. The predicted molar refractivity (Wildman–Crippen MR) is 97.0 cm³/mol. The molecule has 3 rings (SSSR count). The lowest BCUT2D eigenvalue weighted by atomic mass is 10.1. The molecule has 3 heterocycles. The molecule has 1 N–H and O–H groups in total. The van der Waals surface area contributed by atoms with Crippen LogP contribution >= 0.6 is 0 Å². The molecule has 0 radical (unpaired) electrons. The first kappa shape index (κ1) is 17.9. The Morgan fingerprint density at radius 2 is 2.08 bits per heavy atom. The van der Waals surface area contributed by atoms with Crippen molar-refractivity contribution < 1.29 is 9.53 Å². The molecule has 0 unspecified atom stereocenters. The van der Waals surface area contributed by atoms with E-state index in [4.69, 9.17) is 9.72 Å². The Hall–Kier alpha value is -1.89. The molecule has 138 valence electrons. The number of nitrogens with zero attached hydrogens (tertiary/aromatic N) is 4. The van der Waals surface area contributed by atoms with Crippen LogP contribution in [0.5, 0.6) is 0 Å². The predicted octanol–water partition coefficient (Wildman–Crippen LogP) is 1.78. The third kappa shape index (κ3) is 4.60. The zero-order chi connectivity index (χ0) is 17.8. The van der Waals surface area contributed by atoms with E-state index in [2.05, 4.69) is 29.0 Å². The number of aromatic nitrogens is 2. The number of carbonyl (C=O) groups excluding carboxylic acids is 1. The lowest BCUT2D eigenvalue weighted by molar-refractivity contribution is 0.179. The van der Waals surface area contributed by atoms with Gasteiger partial charge in [0, 0.05) is 62.9 Å². The molecule has 2 amide bonds. The first-order chi connectivity index (χ1) is 12.0. The normalized spacial score (nSPS) is 21.0. The monoisotopic (exact) mass is 347 g/mol. The lowest BCUT2D eigenvalue weighted by Gasteiger charge is -2.35. The number of nitrogens with one attached hydrogen (secondary N) is 1. The molecule has 1 aromatic rings. The summed E-state index contributed by atoms with van der Waals surface area (Å²) in [6, 6.07) is 2.06. The Balaban J connectivity index is 1.52. The topological polar surface area (TPSA) is 70.6 Å². The minimum atomic E-state index is 0.0355. The van der Waals surface area contributed by atoms with Gasteiger partial charge in [0.05, 0.1) is 6.61 Å². The van der Waals surface area contributed by atoms with E-state index in [-0.39, 0.29) is 6.03 Å². The number of hydrogen-bond donors (Lipinski definition) is 1. The van der Waals surface area contributed by atoms with E-state index in [9.17, 15) is 4.79 Å². The van der Waals surface area contributed by atoms with E-state index in [1.807, 2.05) is 17.9 Å². The zero-order valence-electron chi connectivity index (χ0n) is 15.5. The summed E-state index contributed by atoms with van der Waals surface area (Å²) in [6.45, 7) is 11.5. The van der Waals surface area contributed by atoms with E-state index in [1.165, 1.54) is 0 Å². The molecule has 2 aliphatic rings. The maximum atomic E-state index is 12.3. The van der Waals surface area contributed by atoms with Gasteiger partial charge < -0.3 is 19.9 Å². The van der Waals surface area contributed by atoms with Gasteiger partial charge in [0.15, 0.2) is 0 Å². The van der Waals surface area contributed by atoms with Crippen molar-refractivity contribution in [3.8, 4) is 0 Å². The van der Waals surface area contributed by atoms with Crippen LogP contribution in [0.15, 0.2) is 6.07 Å². The SMILES string of the molecule is Cc1cc(N2CCN(C(=O)NC[C@H]3CCOC3)CC2)nc(C(C)C)n1. The molecule has 1 aromatic heterocycles. The lowest BCUT2D eigenvalue weighted by Crippen LogP contribution is -2.52. The summed E-state index contributed by atoms with van der Waals surface area (Å²) < 4.78 is 5.35. The van der Waals surface area contributed by atoms with Crippen LogP contribution in [0.25, 0.3) is 0 Å². The minimum Gasteiger partial charge on any atom is -0.381 e. The average molecular weight is 347 g/mol. The quantitative estimate of drug-likeness (QED) is 0.899. The maximum absolute atomic E-state index is 12.3. The summed E-state index contributed by atoms with van der Waals surface area (Å²) >= 11 is 0. The van der Waals surface area contributed by atoms with Crippen LogP contribution in [0.3, 0.4) is 0 Å². The molecule has 1 atom stereocenters. The maximum Gasteiger partial charge on any atom is 0.317 e. The second kappa shape index (κ2) is 7.99. The van der Waals surface area contributed by atoms with Crippen molar-refractivity contribution in [2.45, 2.75) is 33.1 Å². The molecule has 7 nitrogen and oxygen atoms in total. The Morgan fingerprint density at radius 1 is 1.32 bits per heavy atom. The average Bonchev–Trinajstić information content (AvgIpc) is 3.13. The molecule has 2 fully saturated rings. The molecular weight excluding hydrogens is 318 g/mol. The first-order valence-electron chi connectivity index (χ1n) is 9.24. The largest absolute Gasteiger partial charge is 0.381 e. The smallest absolute Gasteiger partial charge is 0.317 e. The molecule has 0 bridgehead atoms. The van der Waals surface area contributed by atoms with Gasteiger partial charge in [-0.3, -0.25) is 0 Å². The second-order valence-corrected chi connectivity index (χ2v) is 7.27. The Morgan fingerprint density at radius 3 is 2.72 bits per heavy atom. The number of rotatable bonds is 4. The highest BCUT2D eigenvalue weighted by Gasteiger charge is 2.24. The van der Waals surface area contributed by atoms with Crippen LogP contribution in [0.2, 0.25) is 0 Å². The fraction of sp³-hybridized carbons (Fsp3) is 0.722. The van der Waals surface area contributed by atoms with Gasteiger partial charge >= 0.3 is 6.03 Å². The Labute approximate surface area is 149 Å². The van der Waals surface area contributed by atoms with Crippen LogP contribution in [0, 0.1) is 12.8 Å². The van der Waals surface area contributed by atoms with Gasteiger partial charge in [0.1, 0.15) is 11.6 Å². The van der Waals surface area contributed by atoms with Crippen molar-refractivity contribution in [1.82, 2.24) is 20.2 Å². The first-order valence-corrected chi connectivity index (χ1v) is 9.24. The molecule has 0 spiro atoms. The summed E-state index contributed by atoms with van der Waals surface area (Å²) in [6.07, 6.45) is 1.04. The van der Waals surface area contributed by atoms with Gasteiger partial charge in [0.2, 0.25) is 0 Å². The standard InChI is InChI=1S/C18H29N5O2/c1-13(2)17-20-14(3)10-16(21-17)22-5-7-23(8-6-22)18(24)19-11-15-4-9-25-12-15/h10,13,15H,4-9,11-12H2,1-3H3,(H,19,24)/t15-/m1/s1. The summed E-state index contributed by atoms with van der Waals surface area (Å²) in [5.41, 5.74) is 0.993. The van der Waals surface area contributed by atoms with Gasteiger partial charge in [-0.15, -0.1) is 0 Å². The molecule has 0 saturated carbocycles. The Kier molecular flexibility index (Phi) is 5.73. The van der Waals surface area contributed by atoms with E-state index in [0.29, 0.717) is 31.5 Å². The molecular formula is C18H29N5O2. The van der Waals surface area contributed by atoms with E-state index < -0.39 is 0 Å². The summed E-state index contributed by atoms with van der Waals surface area (Å²) in [4.78, 5) is 25.7. The van der Waals surface area contributed by atoms with Gasteiger partial charge in [0.25, 0.3) is 0 Å². The molecule has 0 aliphatic carbocycles.